The van der Waals surface area contributed by atoms with Crippen LogP contribution in [0.15, 0.2) is 41.3 Å². The molecule has 0 heterocycles. The fraction of sp³-hybridized carbons (Fsp3) is 0.188. The number of ether oxygens (including phenoxy) is 1. The fourth-order valence-electron chi connectivity index (χ4n) is 1.87. The Kier molecular flexibility index (Phi) is 5.74. The maximum atomic E-state index is 12.4. The van der Waals surface area contributed by atoms with Gasteiger partial charge in [-0.2, -0.15) is 8.42 Å². The number of halogens is 2. The van der Waals surface area contributed by atoms with Crippen molar-refractivity contribution < 1.29 is 22.1 Å². The number of esters is 1. The summed E-state index contributed by atoms with van der Waals surface area (Å²) in [4.78, 5) is 12.0. The standard InChI is InChI=1S/C16H14Cl2O5S/c1-3-22-16(19)13-8-11(17)9-14(18)15(13)23-24(20,21)12-6-4-10(2)5-7-12/h4-9H,3H2,1-2H3. The molecule has 2 rings (SSSR count). The normalized spacial score (nSPS) is 11.2. The predicted molar refractivity (Wildman–Crippen MR) is 91.4 cm³/mol. The molecule has 0 radical (unpaired) electrons. The molecular formula is C16H14Cl2O5S. The summed E-state index contributed by atoms with van der Waals surface area (Å²) in [6, 6.07) is 8.59. The molecule has 128 valence electrons. The van der Waals surface area contributed by atoms with Crippen LogP contribution in [-0.4, -0.2) is 21.0 Å². The molecule has 0 unspecified atom stereocenters. The van der Waals surface area contributed by atoms with Crippen LogP contribution in [0.4, 0.5) is 0 Å². The molecule has 0 N–H and O–H groups in total. The highest BCUT2D eigenvalue weighted by Crippen LogP contribution is 2.35. The van der Waals surface area contributed by atoms with Gasteiger partial charge in [0, 0.05) is 5.02 Å². The number of carbonyl (C=O) groups is 1. The topological polar surface area (TPSA) is 69.7 Å². The highest BCUT2D eigenvalue weighted by Gasteiger charge is 2.25. The van der Waals surface area contributed by atoms with E-state index in [1.165, 1.54) is 24.3 Å². The summed E-state index contributed by atoms with van der Waals surface area (Å²) in [6.07, 6.45) is 0. The summed E-state index contributed by atoms with van der Waals surface area (Å²) < 4.78 is 34.8. The molecule has 5 nitrogen and oxygen atoms in total. The van der Waals surface area contributed by atoms with Crippen molar-refractivity contribution >= 4 is 39.3 Å². The SMILES string of the molecule is CCOC(=O)c1cc(Cl)cc(Cl)c1OS(=O)(=O)c1ccc(C)cc1. The highest BCUT2D eigenvalue weighted by molar-refractivity contribution is 7.87. The number of hydrogen-bond donors (Lipinski definition) is 0. The highest BCUT2D eigenvalue weighted by atomic mass is 35.5. The van der Waals surface area contributed by atoms with Gasteiger partial charge in [-0.15, -0.1) is 0 Å². The monoisotopic (exact) mass is 388 g/mol. The number of hydrogen-bond acceptors (Lipinski definition) is 5. The molecule has 0 aliphatic heterocycles. The fourth-order valence-corrected chi connectivity index (χ4v) is 3.41. The van der Waals surface area contributed by atoms with Gasteiger partial charge in [-0.1, -0.05) is 40.9 Å². The maximum absolute atomic E-state index is 12.4. The second-order valence-corrected chi connectivity index (χ2v) is 7.23. The van der Waals surface area contributed by atoms with Crippen LogP contribution in [0.3, 0.4) is 0 Å². The van der Waals surface area contributed by atoms with Gasteiger partial charge in [0.2, 0.25) is 0 Å². The van der Waals surface area contributed by atoms with Crippen molar-refractivity contribution in [1.29, 1.82) is 0 Å². The van der Waals surface area contributed by atoms with E-state index in [4.69, 9.17) is 32.1 Å². The van der Waals surface area contributed by atoms with Gasteiger partial charge in [-0.05, 0) is 38.1 Å². The molecule has 0 amide bonds. The van der Waals surface area contributed by atoms with Gasteiger partial charge in [0.25, 0.3) is 0 Å². The van der Waals surface area contributed by atoms with Gasteiger partial charge in [0.1, 0.15) is 10.5 Å². The van der Waals surface area contributed by atoms with Crippen molar-refractivity contribution in [3.63, 3.8) is 0 Å². The third-order valence-corrected chi connectivity index (χ3v) is 4.74. The van der Waals surface area contributed by atoms with Crippen LogP contribution in [-0.2, 0) is 14.9 Å². The summed E-state index contributed by atoms with van der Waals surface area (Å²) in [6.45, 7) is 3.55. The van der Waals surface area contributed by atoms with Crippen molar-refractivity contribution in [3.8, 4) is 5.75 Å². The van der Waals surface area contributed by atoms with Crippen LogP contribution in [0.5, 0.6) is 5.75 Å². The van der Waals surface area contributed by atoms with Crippen molar-refractivity contribution in [1.82, 2.24) is 0 Å². The van der Waals surface area contributed by atoms with E-state index < -0.39 is 16.1 Å². The average molecular weight is 389 g/mol. The van der Waals surface area contributed by atoms with Gasteiger partial charge in [0.15, 0.2) is 5.75 Å². The van der Waals surface area contributed by atoms with Crippen LogP contribution in [0, 0.1) is 6.92 Å². The number of benzene rings is 2. The molecular weight excluding hydrogens is 375 g/mol. The van der Waals surface area contributed by atoms with Crippen molar-refractivity contribution in [2.24, 2.45) is 0 Å². The molecule has 24 heavy (non-hydrogen) atoms. The zero-order chi connectivity index (χ0) is 17.9. The van der Waals surface area contributed by atoms with Crippen molar-refractivity contribution in [2.45, 2.75) is 18.7 Å². The summed E-state index contributed by atoms with van der Waals surface area (Å²) >= 11 is 11.9. The van der Waals surface area contributed by atoms with E-state index in [-0.39, 0.29) is 32.9 Å². The first kappa shape index (κ1) is 18.6. The van der Waals surface area contributed by atoms with Crippen LogP contribution in [0.1, 0.15) is 22.8 Å². The van der Waals surface area contributed by atoms with Crippen molar-refractivity contribution in [2.75, 3.05) is 6.61 Å². The van der Waals surface area contributed by atoms with Crippen LogP contribution in [0.25, 0.3) is 0 Å². The molecule has 2 aromatic carbocycles. The van der Waals surface area contributed by atoms with Gasteiger partial charge < -0.3 is 8.92 Å². The van der Waals surface area contributed by atoms with Crippen LogP contribution >= 0.6 is 23.2 Å². The second kappa shape index (κ2) is 7.42. The Hall–Kier alpha value is -1.76. The van der Waals surface area contributed by atoms with E-state index >= 15 is 0 Å². The lowest BCUT2D eigenvalue weighted by Crippen LogP contribution is -2.14. The molecule has 8 heteroatoms. The first-order valence-electron chi connectivity index (χ1n) is 6.92. The predicted octanol–water partition coefficient (Wildman–Crippen LogP) is 4.25. The molecule has 0 aromatic heterocycles. The lowest BCUT2D eigenvalue weighted by molar-refractivity contribution is 0.0524. The summed E-state index contributed by atoms with van der Waals surface area (Å²) in [7, 11) is -4.17. The number of carbonyl (C=O) groups excluding carboxylic acids is 1. The van der Waals surface area contributed by atoms with E-state index in [9.17, 15) is 13.2 Å². The van der Waals surface area contributed by atoms with Gasteiger partial charge in [0.05, 0.1) is 11.6 Å². The van der Waals surface area contributed by atoms with Crippen LogP contribution in [0.2, 0.25) is 10.0 Å². The summed E-state index contributed by atoms with van der Waals surface area (Å²) in [5.74, 6) is -1.10. The molecule has 0 bridgehead atoms. The Morgan fingerprint density at radius 1 is 1.12 bits per heavy atom. The average Bonchev–Trinajstić information content (AvgIpc) is 2.50. The Bertz CT molecular complexity index is 861. The molecule has 0 saturated heterocycles. The molecule has 2 aromatic rings. The maximum Gasteiger partial charge on any atom is 0.342 e. The van der Waals surface area contributed by atoms with E-state index in [0.29, 0.717) is 0 Å². The van der Waals surface area contributed by atoms with E-state index in [1.807, 2.05) is 6.92 Å². The molecule has 0 saturated carbocycles. The van der Waals surface area contributed by atoms with Gasteiger partial charge in [-0.25, -0.2) is 4.79 Å². The third-order valence-electron chi connectivity index (χ3n) is 3.01. The summed E-state index contributed by atoms with van der Waals surface area (Å²) in [5.41, 5.74) is 0.732. The van der Waals surface area contributed by atoms with Gasteiger partial charge >= 0.3 is 16.1 Å². The Labute approximate surface area is 150 Å². The second-order valence-electron chi connectivity index (χ2n) is 4.84. The lowest BCUT2D eigenvalue weighted by atomic mass is 10.2. The Balaban J connectivity index is 2.48. The molecule has 0 atom stereocenters. The van der Waals surface area contributed by atoms with E-state index in [0.717, 1.165) is 5.56 Å². The molecule has 0 aliphatic carbocycles. The Morgan fingerprint density at radius 3 is 2.33 bits per heavy atom. The minimum Gasteiger partial charge on any atom is -0.462 e. The smallest absolute Gasteiger partial charge is 0.342 e. The largest absolute Gasteiger partial charge is 0.462 e. The number of rotatable bonds is 5. The zero-order valence-electron chi connectivity index (χ0n) is 12.9. The van der Waals surface area contributed by atoms with Crippen molar-refractivity contribution in [3.05, 3.63) is 57.6 Å². The lowest BCUT2D eigenvalue weighted by Gasteiger charge is -2.13. The summed E-state index contributed by atoms with van der Waals surface area (Å²) in [5, 5.41) is 0.0457. The minimum absolute atomic E-state index is 0.0612. The quantitative estimate of drug-likeness (QED) is 0.565. The molecule has 0 spiro atoms. The molecule has 0 fully saturated rings. The van der Waals surface area contributed by atoms with E-state index in [2.05, 4.69) is 0 Å². The van der Waals surface area contributed by atoms with Crippen LogP contribution < -0.4 is 4.18 Å². The first-order valence-corrected chi connectivity index (χ1v) is 9.08. The minimum atomic E-state index is -4.17. The van der Waals surface area contributed by atoms with Gasteiger partial charge in [-0.3, -0.25) is 0 Å². The Morgan fingerprint density at radius 2 is 1.75 bits per heavy atom. The zero-order valence-corrected chi connectivity index (χ0v) is 15.2. The molecule has 0 aliphatic rings. The van der Waals surface area contributed by atoms with E-state index in [1.54, 1.807) is 19.1 Å². The number of aryl methyl sites for hydroxylation is 1. The first-order chi connectivity index (χ1) is 11.2. The third kappa shape index (κ3) is 4.20.